The molecular formula is C14H8BrClFN3O. The number of rotatable bonds is 2. The molecule has 0 saturated heterocycles. The van der Waals surface area contributed by atoms with Gasteiger partial charge in [0.05, 0.1) is 10.6 Å². The Kier molecular flexibility index (Phi) is 3.65. The van der Waals surface area contributed by atoms with Gasteiger partial charge in [-0.05, 0) is 36.4 Å². The number of halogens is 3. The second kappa shape index (κ2) is 5.46. The summed E-state index contributed by atoms with van der Waals surface area (Å²) in [6, 6.07) is 9.34. The summed E-state index contributed by atoms with van der Waals surface area (Å²) in [5.41, 5.74) is 7.25. The van der Waals surface area contributed by atoms with Gasteiger partial charge in [0.25, 0.3) is 5.89 Å². The standard InChI is InChI=1S/C14H8BrClFN3O/c15-8-3-7(4-9(17)5-8)13-19-14(21-20-13)11-2-1-10(18)6-12(11)16/h1-6H,18H2. The Morgan fingerprint density at radius 1 is 1.19 bits per heavy atom. The molecule has 21 heavy (non-hydrogen) atoms. The summed E-state index contributed by atoms with van der Waals surface area (Å²) in [5.74, 6) is 0.129. The lowest BCUT2D eigenvalue weighted by molar-refractivity contribution is 0.432. The molecule has 0 unspecified atom stereocenters. The lowest BCUT2D eigenvalue weighted by Crippen LogP contribution is -1.87. The third-order valence-electron chi connectivity index (χ3n) is 2.77. The Morgan fingerprint density at radius 2 is 2.00 bits per heavy atom. The van der Waals surface area contributed by atoms with Crippen molar-refractivity contribution in [3.8, 4) is 22.8 Å². The largest absolute Gasteiger partial charge is 0.399 e. The van der Waals surface area contributed by atoms with E-state index >= 15 is 0 Å². The van der Waals surface area contributed by atoms with Crippen LogP contribution in [-0.4, -0.2) is 10.1 Å². The van der Waals surface area contributed by atoms with Crippen molar-refractivity contribution in [1.82, 2.24) is 10.1 Å². The fourth-order valence-corrected chi connectivity index (χ4v) is 2.57. The molecule has 0 atom stereocenters. The highest BCUT2D eigenvalue weighted by atomic mass is 79.9. The smallest absolute Gasteiger partial charge is 0.259 e. The summed E-state index contributed by atoms with van der Waals surface area (Å²) in [6.45, 7) is 0. The first-order valence-corrected chi connectivity index (χ1v) is 7.05. The molecular weight excluding hydrogens is 361 g/mol. The van der Waals surface area contributed by atoms with E-state index in [1.807, 2.05) is 0 Å². The highest BCUT2D eigenvalue weighted by molar-refractivity contribution is 9.10. The zero-order valence-electron chi connectivity index (χ0n) is 10.5. The minimum atomic E-state index is -0.392. The van der Waals surface area contributed by atoms with Crippen LogP contribution in [0.5, 0.6) is 0 Å². The summed E-state index contributed by atoms with van der Waals surface area (Å²) in [4.78, 5) is 4.23. The number of nitrogen functional groups attached to an aromatic ring is 1. The first kappa shape index (κ1) is 14.0. The van der Waals surface area contributed by atoms with Gasteiger partial charge in [-0.25, -0.2) is 4.39 Å². The third-order valence-corrected chi connectivity index (χ3v) is 3.54. The maximum Gasteiger partial charge on any atom is 0.259 e. The molecule has 0 amide bonds. The Morgan fingerprint density at radius 3 is 2.71 bits per heavy atom. The number of anilines is 1. The lowest BCUT2D eigenvalue weighted by Gasteiger charge is -1.99. The van der Waals surface area contributed by atoms with Crippen molar-refractivity contribution in [2.24, 2.45) is 0 Å². The van der Waals surface area contributed by atoms with Crippen LogP contribution in [-0.2, 0) is 0 Å². The monoisotopic (exact) mass is 367 g/mol. The molecule has 0 saturated carbocycles. The molecule has 0 fully saturated rings. The molecule has 2 aromatic carbocycles. The third kappa shape index (κ3) is 2.91. The number of hydrogen-bond donors (Lipinski definition) is 1. The summed E-state index contributed by atoms with van der Waals surface area (Å²) in [6.07, 6.45) is 0. The number of aromatic nitrogens is 2. The molecule has 3 rings (SSSR count). The molecule has 2 N–H and O–H groups in total. The van der Waals surface area contributed by atoms with Gasteiger partial charge in [0.1, 0.15) is 5.82 Å². The quantitative estimate of drug-likeness (QED) is 0.674. The average Bonchev–Trinajstić information content (AvgIpc) is 2.87. The van der Waals surface area contributed by atoms with E-state index in [0.717, 1.165) is 0 Å². The molecule has 0 aliphatic carbocycles. The number of nitrogens with zero attached hydrogens (tertiary/aromatic N) is 2. The molecule has 0 aliphatic heterocycles. The summed E-state index contributed by atoms with van der Waals surface area (Å²) >= 11 is 9.31. The zero-order chi connectivity index (χ0) is 15.0. The van der Waals surface area contributed by atoms with E-state index in [4.69, 9.17) is 21.9 Å². The molecule has 0 bridgehead atoms. The van der Waals surface area contributed by atoms with Gasteiger partial charge in [0.15, 0.2) is 0 Å². The second-order valence-corrected chi connectivity index (χ2v) is 5.64. The van der Waals surface area contributed by atoms with Crippen LogP contribution in [0.1, 0.15) is 0 Å². The topological polar surface area (TPSA) is 64.9 Å². The van der Waals surface area contributed by atoms with Crippen molar-refractivity contribution in [3.63, 3.8) is 0 Å². The van der Waals surface area contributed by atoms with Gasteiger partial charge >= 0.3 is 0 Å². The number of hydrogen-bond acceptors (Lipinski definition) is 4. The summed E-state index contributed by atoms with van der Waals surface area (Å²) in [5, 5.41) is 4.25. The van der Waals surface area contributed by atoms with Gasteiger partial charge in [0, 0.05) is 15.7 Å². The molecule has 1 aromatic heterocycles. The van der Waals surface area contributed by atoms with Crippen molar-refractivity contribution in [3.05, 3.63) is 51.7 Å². The zero-order valence-corrected chi connectivity index (χ0v) is 12.8. The van der Waals surface area contributed by atoms with Crippen LogP contribution in [0.3, 0.4) is 0 Å². The number of nitrogens with two attached hydrogens (primary N) is 1. The fourth-order valence-electron chi connectivity index (χ4n) is 1.84. The lowest BCUT2D eigenvalue weighted by atomic mass is 10.2. The first-order valence-electron chi connectivity index (χ1n) is 5.88. The van der Waals surface area contributed by atoms with Gasteiger partial charge in [-0.2, -0.15) is 4.98 Å². The first-order chi connectivity index (χ1) is 10.0. The van der Waals surface area contributed by atoms with Crippen LogP contribution in [0.15, 0.2) is 45.4 Å². The molecule has 0 radical (unpaired) electrons. The van der Waals surface area contributed by atoms with E-state index in [-0.39, 0.29) is 11.7 Å². The van der Waals surface area contributed by atoms with E-state index in [0.29, 0.717) is 26.3 Å². The van der Waals surface area contributed by atoms with Crippen LogP contribution < -0.4 is 5.73 Å². The highest BCUT2D eigenvalue weighted by Crippen LogP contribution is 2.30. The molecule has 3 aromatic rings. The van der Waals surface area contributed by atoms with Gasteiger partial charge in [-0.3, -0.25) is 0 Å². The van der Waals surface area contributed by atoms with Crippen LogP contribution >= 0.6 is 27.5 Å². The molecule has 0 aliphatic rings. The van der Waals surface area contributed by atoms with Crippen molar-refractivity contribution in [1.29, 1.82) is 0 Å². The Hall–Kier alpha value is -1.92. The van der Waals surface area contributed by atoms with E-state index in [2.05, 4.69) is 26.1 Å². The average molecular weight is 369 g/mol. The second-order valence-electron chi connectivity index (χ2n) is 4.32. The van der Waals surface area contributed by atoms with Gasteiger partial charge in [-0.15, -0.1) is 0 Å². The highest BCUT2D eigenvalue weighted by Gasteiger charge is 2.14. The van der Waals surface area contributed by atoms with Crippen LogP contribution in [0.25, 0.3) is 22.8 Å². The van der Waals surface area contributed by atoms with Gasteiger partial charge < -0.3 is 10.3 Å². The Bertz CT molecular complexity index is 801. The van der Waals surface area contributed by atoms with E-state index in [1.54, 1.807) is 24.3 Å². The Labute approximate surface area is 132 Å². The molecule has 7 heteroatoms. The van der Waals surface area contributed by atoms with Crippen LogP contribution in [0, 0.1) is 5.82 Å². The van der Waals surface area contributed by atoms with Crippen molar-refractivity contribution in [2.75, 3.05) is 5.73 Å². The molecule has 1 heterocycles. The van der Waals surface area contributed by atoms with Crippen LogP contribution in [0.4, 0.5) is 10.1 Å². The maximum absolute atomic E-state index is 13.4. The van der Waals surface area contributed by atoms with Crippen LogP contribution in [0.2, 0.25) is 5.02 Å². The van der Waals surface area contributed by atoms with Crippen molar-refractivity contribution >= 4 is 33.2 Å². The van der Waals surface area contributed by atoms with Gasteiger partial charge in [0.2, 0.25) is 5.82 Å². The van der Waals surface area contributed by atoms with E-state index < -0.39 is 5.82 Å². The van der Waals surface area contributed by atoms with Crippen molar-refractivity contribution < 1.29 is 8.91 Å². The predicted molar refractivity (Wildman–Crippen MR) is 82.3 cm³/mol. The molecule has 106 valence electrons. The minimum absolute atomic E-state index is 0.246. The summed E-state index contributed by atoms with van der Waals surface area (Å²) < 4.78 is 19.2. The minimum Gasteiger partial charge on any atom is -0.399 e. The van der Waals surface area contributed by atoms with E-state index in [9.17, 15) is 4.39 Å². The molecule has 0 spiro atoms. The summed E-state index contributed by atoms with van der Waals surface area (Å²) in [7, 11) is 0. The van der Waals surface area contributed by atoms with Crippen molar-refractivity contribution in [2.45, 2.75) is 0 Å². The predicted octanol–water partition coefficient (Wildman–Crippen LogP) is 4.54. The fraction of sp³-hybridized carbons (Fsp3) is 0. The Balaban J connectivity index is 2.03. The maximum atomic E-state index is 13.4. The van der Waals surface area contributed by atoms with E-state index in [1.165, 1.54) is 12.1 Å². The molecule has 4 nitrogen and oxygen atoms in total. The number of benzene rings is 2. The normalized spacial score (nSPS) is 10.8. The van der Waals surface area contributed by atoms with Gasteiger partial charge in [-0.1, -0.05) is 32.7 Å². The SMILES string of the molecule is Nc1ccc(-c2nc(-c3cc(F)cc(Br)c3)no2)c(Cl)c1.